The molecule has 1 saturated heterocycles. The van der Waals surface area contributed by atoms with Gasteiger partial charge in [-0.05, 0) is 31.9 Å². The summed E-state index contributed by atoms with van der Waals surface area (Å²) in [6.45, 7) is 2.94. The number of nitrogens with two attached hydrogens (primary N) is 1. The molecule has 1 unspecified atom stereocenters. The summed E-state index contributed by atoms with van der Waals surface area (Å²) < 4.78 is 26.8. The number of nitrogens with one attached hydrogen (secondary N) is 1. The second-order valence-corrected chi connectivity index (χ2v) is 6.60. The predicted octanol–water partition coefficient (Wildman–Crippen LogP) is 0.558. The minimum absolute atomic E-state index is 0.000993. The van der Waals surface area contributed by atoms with Crippen LogP contribution in [0.1, 0.15) is 19.8 Å². The van der Waals surface area contributed by atoms with E-state index in [1.165, 1.54) is 12.1 Å². The van der Waals surface area contributed by atoms with Crippen molar-refractivity contribution in [1.29, 1.82) is 0 Å². The van der Waals surface area contributed by atoms with Gasteiger partial charge in [-0.15, -0.1) is 0 Å². The second-order valence-electron chi connectivity index (χ2n) is 4.91. The molecule has 1 atom stereocenters. The number of nitrogens with zero attached hydrogens (tertiary/aromatic N) is 1. The Morgan fingerprint density at radius 3 is 2.50 bits per heavy atom. The molecule has 1 aromatic carbocycles. The van der Waals surface area contributed by atoms with Gasteiger partial charge in [0.2, 0.25) is 15.9 Å². The molecule has 1 fully saturated rings. The van der Waals surface area contributed by atoms with Gasteiger partial charge in [0.1, 0.15) is 4.90 Å². The lowest BCUT2D eigenvalue weighted by molar-refractivity contribution is -0.131. The van der Waals surface area contributed by atoms with Gasteiger partial charge in [0.15, 0.2) is 0 Å². The molecule has 110 valence electrons. The van der Waals surface area contributed by atoms with Crippen molar-refractivity contribution in [2.24, 2.45) is 0 Å². The lowest BCUT2D eigenvalue weighted by atomic mass is 10.3. The van der Waals surface area contributed by atoms with Crippen LogP contribution in [0.25, 0.3) is 0 Å². The highest BCUT2D eigenvalue weighted by atomic mass is 32.2. The fraction of sp³-hybridized carbons (Fsp3) is 0.462. The molecule has 20 heavy (non-hydrogen) atoms. The smallest absolute Gasteiger partial charge is 0.243 e. The first-order valence-corrected chi connectivity index (χ1v) is 8.06. The monoisotopic (exact) mass is 297 g/mol. The molecule has 0 radical (unpaired) electrons. The number of nitrogen functional groups attached to an aromatic ring is 1. The van der Waals surface area contributed by atoms with E-state index in [0.717, 1.165) is 12.8 Å². The van der Waals surface area contributed by atoms with Crippen molar-refractivity contribution in [2.75, 3.05) is 18.8 Å². The van der Waals surface area contributed by atoms with Crippen LogP contribution >= 0.6 is 0 Å². The van der Waals surface area contributed by atoms with Gasteiger partial charge in [0.05, 0.1) is 11.7 Å². The number of likely N-dealkylation sites (tertiary alicyclic amines) is 1. The first-order chi connectivity index (χ1) is 9.42. The Balaban J connectivity index is 2.12. The van der Waals surface area contributed by atoms with Gasteiger partial charge in [-0.1, -0.05) is 12.1 Å². The largest absolute Gasteiger partial charge is 0.398 e. The van der Waals surface area contributed by atoms with Gasteiger partial charge in [0.25, 0.3) is 0 Å². The zero-order valence-electron chi connectivity index (χ0n) is 11.4. The van der Waals surface area contributed by atoms with E-state index in [9.17, 15) is 13.2 Å². The number of amides is 1. The van der Waals surface area contributed by atoms with E-state index in [4.69, 9.17) is 5.73 Å². The highest BCUT2D eigenvalue weighted by Crippen LogP contribution is 2.18. The van der Waals surface area contributed by atoms with Crippen molar-refractivity contribution in [3.8, 4) is 0 Å². The van der Waals surface area contributed by atoms with Crippen molar-refractivity contribution in [1.82, 2.24) is 9.62 Å². The molecule has 1 amide bonds. The Hall–Kier alpha value is -1.60. The molecule has 0 bridgehead atoms. The molecule has 3 N–H and O–H groups in total. The van der Waals surface area contributed by atoms with Crippen LogP contribution in [0.5, 0.6) is 0 Å². The van der Waals surface area contributed by atoms with Crippen LogP contribution in [-0.2, 0) is 14.8 Å². The molecule has 0 spiro atoms. The molecule has 1 heterocycles. The number of rotatable bonds is 4. The van der Waals surface area contributed by atoms with Crippen LogP contribution in [-0.4, -0.2) is 38.4 Å². The van der Waals surface area contributed by atoms with E-state index in [2.05, 4.69) is 4.72 Å². The van der Waals surface area contributed by atoms with Crippen LogP contribution in [0, 0.1) is 0 Å². The molecular formula is C13H19N3O3S. The summed E-state index contributed by atoms with van der Waals surface area (Å²) in [5.74, 6) is -0.194. The maximum atomic E-state index is 12.2. The Labute approximate surface area is 119 Å². The Kier molecular flexibility index (Phi) is 4.29. The third-order valence-electron chi connectivity index (χ3n) is 3.33. The van der Waals surface area contributed by atoms with Crippen LogP contribution in [0.4, 0.5) is 5.69 Å². The van der Waals surface area contributed by atoms with E-state index in [1.807, 2.05) is 0 Å². The fourth-order valence-corrected chi connectivity index (χ4v) is 3.61. The number of anilines is 1. The van der Waals surface area contributed by atoms with Crippen LogP contribution in [0.2, 0.25) is 0 Å². The Morgan fingerprint density at radius 1 is 1.30 bits per heavy atom. The number of sulfonamides is 1. The van der Waals surface area contributed by atoms with Gasteiger partial charge in [-0.3, -0.25) is 4.79 Å². The summed E-state index contributed by atoms with van der Waals surface area (Å²) in [6.07, 6.45) is 1.94. The third-order valence-corrected chi connectivity index (χ3v) is 4.94. The van der Waals surface area contributed by atoms with E-state index in [1.54, 1.807) is 24.0 Å². The zero-order chi connectivity index (χ0) is 14.8. The van der Waals surface area contributed by atoms with Crippen molar-refractivity contribution >= 4 is 21.6 Å². The summed E-state index contributed by atoms with van der Waals surface area (Å²) in [7, 11) is -3.79. The summed E-state index contributed by atoms with van der Waals surface area (Å²) in [4.78, 5) is 13.8. The van der Waals surface area contributed by atoms with Crippen molar-refractivity contribution in [3.05, 3.63) is 24.3 Å². The average molecular weight is 297 g/mol. The lowest BCUT2D eigenvalue weighted by Crippen LogP contribution is -2.45. The van der Waals surface area contributed by atoms with Crippen molar-refractivity contribution in [3.63, 3.8) is 0 Å². The van der Waals surface area contributed by atoms with E-state index in [0.29, 0.717) is 13.1 Å². The van der Waals surface area contributed by atoms with Gasteiger partial charge in [0, 0.05) is 13.1 Å². The van der Waals surface area contributed by atoms with Gasteiger partial charge < -0.3 is 10.6 Å². The topological polar surface area (TPSA) is 92.5 Å². The summed E-state index contributed by atoms with van der Waals surface area (Å²) in [5.41, 5.74) is 5.83. The number of carbonyl (C=O) groups is 1. The van der Waals surface area contributed by atoms with Crippen LogP contribution < -0.4 is 10.5 Å². The molecule has 1 aromatic rings. The molecule has 0 saturated carbocycles. The molecule has 6 nitrogen and oxygen atoms in total. The third kappa shape index (κ3) is 3.10. The zero-order valence-corrected chi connectivity index (χ0v) is 12.2. The minimum atomic E-state index is -3.79. The Morgan fingerprint density at radius 2 is 1.90 bits per heavy atom. The average Bonchev–Trinajstić information content (AvgIpc) is 2.91. The van der Waals surface area contributed by atoms with Gasteiger partial charge in [-0.2, -0.15) is 4.72 Å². The minimum Gasteiger partial charge on any atom is -0.398 e. The van der Waals surface area contributed by atoms with Gasteiger partial charge in [-0.25, -0.2) is 8.42 Å². The quantitative estimate of drug-likeness (QED) is 0.794. The number of benzene rings is 1. The normalized spacial score (nSPS) is 17.1. The standard InChI is InChI=1S/C13H19N3O3S/c1-10(13(17)16-8-4-5-9-16)15-20(18,19)12-7-3-2-6-11(12)14/h2-3,6-7,10,15H,4-5,8-9,14H2,1H3. The summed E-state index contributed by atoms with van der Waals surface area (Å²) in [6, 6.07) is 5.40. The number of carbonyl (C=O) groups excluding carboxylic acids is 1. The second kappa shape index (κ2) is 5.80. The van der Waals surface area contributed by atoms with Crippen LogP contribution in [0.15, 0.2) is 29.2 Å². The summed E-state index contributed by atoms with van der Waals surface area (Å²) in [5, 5.41) is 0. The molecule has 2 rings (SSSR count). The number of hydrogen-bond donors (Lipinski definition) is 2. The molecule has 0 aliphatic carbocycles. The molecule has 1 aliphatic heterocycles. The molecule has 7 heteroatoms. The number of hydrogen-bond acceptors (Lipinski definition) is 4. The molecule has 1 aliphatic rings. The Bertz CT molecular complexity index is 595. The lowest BCUT2D eigenvalue weighted by Gasteiger charge is -2.21. The molecular weight excluding hydrogens is 278 g/mol. The first kappa shape index (κ1) is 14.8. The molecule has 0 aromatic heterocycles. The van der Waals surface area contributed by atoms with E-state index in [-0.39, 0.29) is 16.5 Å². The highest BCUT2D eigenvalue weighted by molar-refractivity contribution is 7.89. The summed E-state index contributed by atoms with van der Waals surface area (Å²) >= 11 is 0. The highest BCUT2D eigenvalue weighted by Gasteiger charge is 2.28. The van der Waals surface area contributed by atoms with Crippen LogP contribution in [0.3, 0.4) is 0 Å². The van der Waals surface area contributed by atoms with Crippen molar-refractivity contribution < 1.29 is 13.2 Å². The maximum Gasteiger partial charge on any atom is 0.243 e. The van der Waals surface area contributed by atoms with Gasteiger partial charge >= 0.3 is 0 Å². The predicted molar refractivity (Wildman–Crippen MR) is 76.5 cm³/mol. The van der Waals surface area contributed by atoms with E-state index >= 15 is 0 Å². The SMILES string of the molecule is CC(NS(=O)(=O)c1ccccc1N)C(=O)N1CCCC1. The maximum absolute atomic E-state index is 12.2. The first-order valence-electron chi connectivity index (χ1n) is 6.57. The van der Waals surface area contributed by atoms with E-state index < -0.39 is 16.1 Å². The fourth-order valence-electron chi connectivity index (χ4n) is 2.28. The number of para-hydroxylation sites is 1. The van der Waals surface area contributed by atoms with Crippen molar-refractivity contribution in [2.45, 2.75) is 30.7 Å².